The van der Waals surface area contributed by atoms with Crippen molar-refractivity contribution >= 4 is 22.7 Å². The van der Waals surface area contributed by atoms with Gasteiger partial charge >= 0.3 is 0 Å². The molecule has 22 heavy (non-hydrogen) atoms. The van der Waals surface area contributed by atoms with Crippen LogP contribution in [0.15, 0.2) is 73.1 Å². The molecular weight excluding hydrogens is 272 g/mol. The maximum atomic E-state index is 4.54. The van der Waals surface area contributed by atoms with Crippen LogP contribution >= 0.6 is 0 Å². The Morgan fingerprint density at radius 3 is 2.36 bits per heavy atom. The molecule has 0 unspecified atom stereocenters. The second kappa shape index (κ2) is 5.33. The largest absolute Gasteiger partial charge is 0.345 e. The number of H-pyrrole nitrogens is 1. The van der Waals surface area contributed by atoms with E-state index in [1.165, 1.54) is 0 Å². The molecule has 2 aromatic heterocycles. The SMILES string of the molecule is c1ccc(Nc2ncc3c(-c4ccccc4)c[nH]c3n2)cc1. The fraction of sp³-hybridized carbons (Fsp3) is 0. The first-order chi connectivity index (χ1) is 10.9. The molecular formula is C18H14N4. The van der Waals surface area contributed by atoms with Gasteiger partial charge in [0.05, 0.1) is 0 Å². The molecule has 2 heterocycles. The number of aromatic amines is 1. The van der Waals surface area contributed by atoms with Crippen molar-refractivity contribution in [2.45, 2.75) is 0 Å². The van der Waals surface area contributed by atoms with Gasteiger partial charge in [0.15, 0.2) is 0 Å². The Morgan fingerprint density at radius 2 is 1.59 bits per heavy atom. The smallest absolute Gasteiger partial charge is 0.229 e. The maximum absolute atomic E-state index is 4.54. The summed E-state index contributed by atoms with van der Waals surface area (Å²) in [4.78, 5) is 12.2. The van der Waals surface area contributed by atoms with Crippen molar-refractivity contribution in [1.82, 2.24) is 15.0 Å². The molecule has 0 amide bonds. The first-order valence-corrected chi connectivity index (χ1v) is 7.12. The molecule has 0 fully saturated rings. The van der Waals surface area contributed by atoms with Crippen LogP contribution in [0.1, 0.15) is 0 Å². The van der Waals surface area contributed by atoms with E-state index in [-0.39, 0.29) is 0 Å². The first kappa shape index (κ1) is 12.6. The highest BCUT2D eigenvalue weighted by atomic mass is 15.1. The fourth-order valence-electron chi connectivity index (χ4n) is 2.47. The van der Waals surface area contributed by atoms with E-state index in [2.05, 4.69) is 32.4 Å². The monoisotopic (exact) mass is 286 g/mol. The molecule has 0 radical (unpaired) electrons. The van der Waals surface area contributed by atoms with Crippen LogP contribution in [0, 0.1) is 0 Å². The average molecular weight is 286 g/mol. The van der Waals surface area contributed by atoms with Gasteiger partial charge in [0.2, 0.25) is 5.95 Å². The zero-order valence-corrected chi connectivity index (χ0v) is 11.8. The second-order valence-corrected chi connectivity index (χ2v) is 5.02. The van der Waals surface area contributed by atoms with Crippen LogP contribution in [0.2, 0.25) is 0 Å². The lowest BCUT2D eigenvalue weighted by Gasteiger charge is -2.04. The normalized spacial score (nSPS) is 10.7. The third-order valence-electron chi connectivity index (χ3n) is 3.55. The predicted octanol–water partition coefficient (Wildman–Crippen LogP) is 4.37. The number of benzene rings is 2. The van der Waals surface area contributed by atoms with E-state index in [4.69, 9.17) is 0 Å². The summed E-state index contributed by atoms with van der Waals surface area (Å²) in [6, 6.07) is 20.1. The third-order valence-corrected chi connectivity index (χ3v) is 3.55. The molecule has 4 heteroatoms. The van der Waals surface area contributed by atoms with Gasteiger partial charge in [-0.15, -0.1) is 0 Å². The van der Waals surface area contributed by atoms with Crippen LogP contribution in [0.5, 0.6) is 0 Å². The van der Waals surface area contributed by atoms with E-state index in [1.807, 2.05) is 60.9 Å². The van der Waals surface area contributed by atoms with Crippen LogP contribution in [0.25, 0.3) is 22.2 Å². The van der Waals surface area contributed by atoms with Crippen LogP contribution < -0.4 is 5.32 Å². The molecule has 4 nitrogen and oxygen atoms in total. The molecule has 4 aromatic rings. The average Bonchev–Trinajstić information content (AvgIpc) is 3.00. The summed E-state index contributed by atoms with van der Waals surface area (Å²) in [7, 11) is 0. The van der Waals surface area contributed by atoms with Gasteiger partial charge in [0.25, 0.3) is 0 Å². The number of rotatable bonds is 3. The van der Waals surface area contributed by atoms with E-state index in [1.54, 1.807) is 0 Å². The fourth-order valence-corrected chi connectivity index (χ4v) is 2.47. The van der Waals surface area contributed by atoms with Crippen LogP contribution in [-0.2, 0) is 0 Å². The number of aromatic nitrogens is 3. The third kappa shape index (κ3) is 2.31. The Labute approximate surface area is 127 Å². The molecule has 0 aliphatic rings. The van der Waals surface area contributed by atoms with Crippen molar-refractivity contribution in [3.05, 3.63) is 73.1 Å². The topological polar surface area (TPSA) is 53.6 Å². The Balaban J connectivity index is 1.71. The number of fused-ring (bicyclic) bond motifs is 1. The van der Waals surface area contributed by atoms with Crippen LogP contribution in [0.4, 0.5) is 11.6 Å². The Hall–Kier alpha value is -3.14. The minimum absolute atomic E-state index is 0.583. The van der Waals surface area contributed by atoms with E-state index < -0.39 is 0 Å². The van der Waals surface area contributed by atoms with Crippen molar-refractivity contribution in [3.63, 3.8) is 0 Å². The number of nitrogens with zero attached hydrogens (tertiary/aromatic N) is 2. The van der Waals surface area contributed by atoms with Crippen LogP contribution in [-0.4, -0.2) is 15.0 Å². The van der Waals surface area contributed by atoms with Gasteiger partial charge in [0.1, 0.15) is 5.65 Å². The summed E-state index contributed by atoms with van der Waals surface area (Å²) >= 11 is 0. The van der Waals surface area contributed by atoms with E-state index in [0.29, 0.717) is 5.95 Å². The van der Waals surface area contributed by atoms with Crippen molar-refractivity contribution in [3.8, 4) is 11.1 Å². The van der Waals surface area contributed by atoms with Gasteiger partial charge in [-0.3, -0.25) is 0 Å². The first-order valence-electron chi connectivity index (χ1n) is 7.12. The molecule has 2 N–H and O–H groups in total. The van der Waals surface area contributed by atoms with E-state index in [0.717, 1.165) is 27.8 Å². The van der Waals surface area contributed by atoms with Crippen molar-refractivity contribution in [2.75, 3.05) is 5.32 Å². The molecule has 0 atom stereocenters. The standard InChI is InChI=1S/C18H14N4/c1-3-7-13(8-4-1)15-11-19-17-16(15)12-20-18(22-17)21-14-9-5-2-6-10-14/h1-12H,(H2,19,20,21,22). The quantitative estimate of drug-likeness (QED) is 0.588. The van der Waals surface area contributed by atoms with Gasteiger partial charge in [-0.25, -0.2) is 4.98 Å². The van der Waals surface area contributed by atoms with Crippen LogP contribution in [0.3, 0.4) is 0 Å². The zero-order chi connectivity index (χ0) is 14.8. The molecule has 2 aromatic carbocycles. The molecule has 4 rings (SSSR count). The Morgan fingerprint density at radius 1 is 0.864 bits per heavy atom. The van der Waals surface area contributed by atoms with E-state index in [9.17, 15) is 0 Å². The highest BCUT2D eigenvalue weighted by Gasteiger charge is 2.08. The highest BCUT2D eigenvalue weighted by molar-refractivity contribution is 5.93. The van der Waals surface area contributed by atoms with Gasteiger partial charge < -0.3 is 10.3 Å². The van der Waals surface area contributed by atoms with Crippen molar-refractivity contribution in [2.24, 2.45) is 0 Å². The summed E-state index contributed by atoms with van der Waals surface area (Å²) in [5.41, 5.74) is 4.06. The minimum atomic E-state index is 0.583. The van der Waals surface area contributed by atoms with Crippen molar-refractivity contribution in [1.29, 1.82) is 0 Å². The minimum Gasteiger partial charge on any atom is -0.345 e. The lowest BCUT2D eigenvalue weighted by molar-refractivity contribution is 1.19. The summed E-state index contributed by atoms with van der Waals surface area (Å²) < 4.78 is 0. The number of anilines is 2. The van der Waals surface area contributed by atoms with Gasteiger partial charge in [-0.05, 0) is 17.7 Å². The summed E-state index contributed by atoms with van der Waals surface area (Å²) in [6.07, 6.45) is 3.83. The Bertz CT molecular complexity index is 898. The number of nitrogens with one attached hydrogen (secondary N) is 2. The predicted molar refractivity (Wildman–Crippen MR) is 89.0 cm³/mol. The van der Waals surface area contributed by atoms with E-state index >= 15 is 0 Å². The number of para-hydroxylation sites is 1. The second-order valence-electron chi connectivity index (χ2n) is 5.02. The Kier molecular flexibility index (Phi) is 3.05. The maximum Gasteiger partial charge on any atom is 0.229 e. The molecule has 106 valence electrons. The number of hydrogen-bond acceptors (Lipinski definition) is 3. The molecule has 0 aliphatic carbocycles. The summed E-state index contributed by atoms with van der Waals surface area (Å²) in [5, 5.41) is 4.22. The van der Waals surface area contributed by atoms with Crippen molar-refractivity contribution < 1.29 is 0 Å². The summed E-state index contributed by atoms with van der Waals surface area (Å²) in [6.45, 7) is 0. The highest BCUT2D eigenvalue weighted by Crippen LogP contribution is 2.27. The molecule has 0 spiro atoms. The number of hydrogen-bond donors (Lipinski definition) is 2. The molecule has 0 saturated carbocycles. The summed E-state index contributed by atoms with van der Waals surface area (Å²) in [5.74, 6) is 0.583. The zero-order valence-electron chi connectivity index (χ0n) is 11.8. The molecule has 0 saturated heterocycles. The van der Waals surface area contributed by atoms with Gasteiger partial charge in [0, 0.05) is 29.0 Å². The molecule has 0 bridgehead atoms. The lowest BCUT2D eigenvalue weighted by Crippen LogP contribution is -1.96. The molecule has 0 aliphatic heterocycles. The van der Waals surface area contributed by atoms with Gasteiger partial charge in [-0.2, -0.15) is 4.98 Å². The van der Waals surface area contributed by atoms with Gasteiger partial charge in [-0.1, -0.05) is 48.5 Å². The lowest BCUT2D eigenvalue weighted by atomic mass is 10.1.